The normalized spacial score (nSPS) is 18.9. The van der Waals surface area contributed by atoms with Gasteiger partial charge in [-0.3, -0.25) is 9.59 Å². The maximum absolute atomic E-state index is 11.8. The average Bonchev–Trinajstić information content (AvgIpc) is 2.43. The molecule has 1 fully saturated rings. The molecule has 0 aromatic carbocycles. The minimum absolute atomic E-state index is 0.0673. The van der Waals surface area contributed by atoms with Gasteiger partial charge in [0.2, 0.25) is 5.91 Å². The summed E-state index contributed by atoms with van der Waals surface area (Å²) in [5, 5.41) is 11.8. The van der Waals surface area contributed by atoms with Gasteiger partial charge in [0, 0.05) is 32.5 Å². The number of carboxylic acids is 1. The molecule has 1 aliphatic heterocycles. The van der Waals surface area contributed by atoms with E-state index in [0.717, 1.165) is 32.6 Å². The summed E-state index contributed by atoms with van der Waals surface area (Å²) in [6, 6.07) is 0. The van der Waals surface area contributed by atoms with Gasteiger partial charge in [0.25, 0.3) is 0 Å². The number of carbonyl (C=O) groups excluding carboxylic acids is 1. The van der Waals surface area contributed by atoms with Crippen LogP contribution in [0.3, 0.4) is 0 Å². The third-order valence-corrected chi connectivity index (χ3v) is 2.74. The minimum atomic E-state index is -0.835. The quantitative estimate of drug-likeness (QED) is 0.726. The average molecular weight is 228 g/mol. The predicted octanol–water partition coefficient (Wildman–Crippen LogP) is 0.309. The second kappa shape index (κ2) is 6.48. The van der Waals surface area contributed by atoms with Gasteiger partial charge in [0.1, 0.15) is 0 Å². The topological polar surface area (TPSA) is 69.6 Å². The second-order valence-corrected chi connectivity index (χ2v) is 4.39. The molecule has 5 heteroatoms. The highest BCUT2D eigenvalue weighted by Crippen LogP contribution is 2.10. The fraction of sp³-hybridized carbons (Fsp3) is 0.818. The molecule has 1 aliphatic rings. The lowest BCUT2D eigenvalue weighted by molar-refractivity contribution is -0.138. The Labute approximate surface area is 95.8 Å². The van der Waals surface area contributed by atoms with Crippen LogP contribution in [0.1, 0.15) is 26.2 Å². The standard InChI is InChI=1S/C11H20N2O3/c1-9(8-11(15)16)7-10(14)13-5-2-3-12-4-6-13/h9,12H,2-8H2,1H3,(H,15,16). The Morgan fingerprint density at radius 2 is 2.06 bits per heavy atom. The fourth-order valence-corrected chi connectivity index (χ4v) is 1.89. The van der Waals surface area contributed by atoms with E-state index in [-0.39, 0.29) is 18.2 Å². The van der Waals surface area contributed by atoms with Gasteiger partial charge < -0.3 is 15.3 Å². The zero-order chi connectivity index (χ0) is 12.0. The van der Waals surface area contributed by atoms with Gasteiger partial charge in [-0.05, 0) is 18.9 Å². The Balaban J connectivity index is 2.34. The highest BCUT2D eigenvalue weighted by Gasteiger charge is 2.18. The Kier molecular flexibility index (Phi) is 5.25. The zero-order valence-electron chi connectivity index (χ0n) is 9.74. The lowest BCUT2D eigenvalue weighted by Gasteiger charge is -2.21. The lowest BCUT2D eigenvalue weighted by atomic mass is 10.0. The van der Waals surface area contributed by atoms with Gasteiger partial charge >= 0.3 is 5.97 Å². The molecular formula is C11H20N2O3. The van der Waals surface area contributed by atoms with Crippen LogP contribution in [0.2, 0.25) is 0 Å². The Morgan fingerprint density at radius 3 is 2.75 bits per heavy atom. The van der Waals surface area contributed by atoms with Crippen LogP contribution in [0.15, 0.2) is 0 Å². The van der Waals surface area contributed by atoms with Crippen LogP contribution < -0.4 is 5.32 Å². The first kappa shape index (κ1) is 13.0. The molecule has 1 heterocycles. The molecule has 1 saturated heterocycles. The highest BCUT2D eigenvalue weighted by molar-refractivity contribution is 5.77. The van der Waals surface area contributed by atoms with Crippen molar-refractivity contribution in [3.8, 4) is 0 Å². The number of carbonyl (C=O) groups is 2. The maximum Gasteiger partial charge on any atom is 0.303 e. The SMILES string of the molecule is CC(CC(=O)O)CC(=O)N1CCCNCC1. The molecule has 0 bridgehead atoms. The van der Waals surface area contributed by atoms with Gasteiger partial charge in [0.05, 0.1) is 0 Å². The molecule has 0 aliphatic carbocycles. The van der Waals surface area contributed by atoms with Crippen molar-refractivity contribution in [3.05, 3.63) is 0 Å². The van der Waals surface area contributed by atoms with E-state index in [1.165, 1.54) is 0 Å². The molecule has 0 radical (unpaired) electrons. The van der Waals surface area contributed by atoms with Crippen LogP contribution in [-0.4, -0.2) is 48.1 Å². The van der Waals surface area contributed by atoms with Crippen LogP contribution >= 0.6 is 0 Å². The first-order valence-electron chi connectivity index (χ1n) is 5.80. The van der Waals surface area contributed by atoms with Crippen molar-refractivity contribution >= 4 is 11.9 Å². The molecule has 5 nitrogen and oxygen atoms in total. The molecule has 1 amide bonds. The number of hydrogen-bond acceptors (Lipinski definition) is 3. The number of nitrogens with zero attached hydrogens (tertiary/aromatic N) is 1. The number of rotatable bonds is 4. The van der Waals surface area contributed by atoms with Crippen molar-refractivity contribution in [2.45, 2.75) is 26.2 Å². The van der Waals surface area contributed by atoms with Crippen molar-refractivity contribution in [2.24, 2.45) is 5.92 Å². The smallest absolute Gasteiger partial charge is 0.303 e. The van der Waals surface area contributed by atoms with E-state index in [1.807, 2.05) is 11.8 Å². The molecule has 1 unspecified atom stereocenters. The molecule has 0 aromatic rings. The van der Waals surface area contributed by atoms with Gasteiger partial charge in [0.15, 0.2) is 0 Å². The first-order chi connectivity index (χ1) is 7.59. The van der Waals surface area contributed by atoms with Crippen LogP contribution in [0, 0.1) is 5.92 Å². The van der Waals surface area contributed by atoms with E-state index in [1.54, 1.807) is 0 Å². The third-order valence-electron chi connectivity index (χ3n) is 2.74. The van der Waals surface area contributed by atoms with E-state index < -0.39 is 5.97 Å². The van der Waals surface area contributed by atoms with E-state index in [0.29, 0.717) is 6.42 Å². The Hall–Kier alpha value is -1.10. The van der Waals surface area contributed by atoms with Crippen molar-refractivity contribution in [3.63, 3.8) is 0 Å². The molecule has 1 rings (SSSR count). The fourth-order valence-electron chi connectivity index (χ4n) is 1.89. The van der Waals surface area contributed by atoms with Crippen molar-refractivity contribution in [2.75, 3.05) is 26.2 Å². The first-order valence-corrected chi connectivity index (χ1v) is 5.80. The van der Waals surface area contributed by atoms with E-state index in [2.05, 4.69) is 5.32 Å². The Morgan fingerprint density at radius 1 is 1.31 bits per heavy atom. The summed E-state index contributed by atoms with van der Waals surface area (Å²) in [4.78, 5) is 24.2. The second-order valence-electron chi connectivity index (χ2n) is 4.39. The molecule has 16 heavy (non-hydrogen) atoms. The summed E-state index contributed by atoms with van der Waals surface area (Å²) in [5.74, 6) is -0.837. The summed E-state index contributed by atoms with van der Waals surface area (Å²) in [6.07, 6.45) is 1.38. The number of carboxylic acid groups (broad SMARTS) is 1. The van der Waals surface area contributed by atoms with Gasteiger partial charge in [-0.15, -0.1) is 0 Å². The third kappa shape index (κ3) is 4.61. The molecule has 0 aromatic heterocycles. The monoisotopic (exact) mass is 228 g/mol. The molecule has 0 saturated carbocycles. The van der Waals surface area contributed by atoms with Crippen LogP contribution in [-0.2, 0) is 9.59 Å². The number of hydrogen-bond donors (Lipinski definition) is 2. The predicted molar refractivity (Wildman–Crippen MR) is 60.1 cm³/mol. The number of amides is 1. The summed E-state index contributed by atoms with van der Waals surface area (Å²) < 4.78 is 0. The van der Waals surface area contributed by atoms with Gasteiger partial charge in [-0.1, -0.05) is 6.92 Å². The van der Waals surface area contributed by atoms with Crippen molar-refractivity contribution in [1.29, 1.82) is 0 Å². The largest absolute Gasteiger partial charge is 0.481 e. The van der Waals surface area contributed by atoms with Crippen molar-refractivity contribution < 1.29 is 14.7 Å². The highest BCUT2D eigenvalue weighted by atomic mass is 16.4. The summed E-state index contributed by atoms with van der Waals surface area (Å²) in [5.41, 5.74) is 0. The maximum atomic E-state index is 11.8. The van der Waals surface area contributed by atoms with Crippen molar-refractivity contribution in [1.82, 2.24) is 10.2 Å². The van der Waals surface area contributed by atoms with Gasteiger partial charge in [-0.25, -0.2) is 0 Å². The zero-order valence-corrected chi connectivity index (χ0v) is 9.74. The summed E-state index contributed by atoms with van der Waals surface area (Å²) >= 11 is 0. The number of nitrogens with one attached hydrogen (secondary N) is 1. The van der Waals surface area contributed by atoms with Gasteiger partial charge in [-0.2, -0.15) is 0 Å². The van der Waals surface area contributed by atoms with Crippen LogP contribution in [0.4, 0.5) is 0 Å². The number of aliphatic carboxylic acids is 1. The van der Waals surface area contributed by atoms with Crippen LogP contribution in [0.5, 0.6) is 0 Å². The van der Waals surface area contributed by atoms with E-state index in [4.69, 9.17) is 5.11 Å². The molecule has 92 valence electrons. The molecule has 0 spiro atoms. The summed E-state index contributed by atoms with van der Waals surface area (Å²) in [7, 11) is 0. The molecule has 2 N–H and O–H groups in total. The Bertz CT molecular complexity index is 248. The van der Waals surface area contributed by atoms with E-state index in [9.17, 15) is 9.59 Å². The minimum Gasteiger partial charge on any atom is -0.481 e. The van der Waals surface area contributed by atoms with E-state index >= 15 is 0 Å². The molecule has 1 atom stereocenters. The summed E-state index contributed by atoms with van der Waals surface area (Å²) in [6.45, 7) is 5.11. The lowest BCUT2D eigenvalue weighted by Crippen LogP contribution is -2.35. The molecular weight excluding hydrogens is 208 g/mol. The van der Waals surface area contributed by atoms with Crippen LogP contribution in [0.25, 0.3) is 0 Å².